The maximum atomic E-state index is 5.98. The molecule has 15 heavy (non-hydrogen) atoms. The molecule has 0 aliphatic heterocycles. The van der Waals surface area contributed by atoms with E-state index in [-0.39, 0.29) is 0 Å². The maximum Gasteiger partial charge on any atom is 0.0600 e. The molecule has 0 saturated heterocycles. The Balaban J connectivity index is 2.10. The second-order valence-electron chi connectivity index (χ2n) is 4.92. The van der Waals surface area contributed by atoms with E-state index in [2.05, 4.69) is 37.9 Å². The first-order valence-electron chi connectivity index (χ1n) is 5.65. The van der Waals surface area contributed by atoms with E-state index < -0.39 is 0 Å². The highest BCUT2D eigenvalue weighted by Crippen LogP contribution is 2.39. The molecule has 0 heterocycles. The minimum Gasteiger partial charge on any atom is -0.397 e. The van der Waals surface area contributed by atoms with Crippen molar-refractivity contribution >= 4 is 11.4 Å². The molecule has 82 valence electrons. The highest BCUT2D eigenvalue weighted by Gasteiger charge is 2.33. The van der Waals surface area contributed by atoms with Crippen LogP contribution in [0.5, 0.6) is 0 Å². The lowest BCUT2D eigenvalue weighted by Crippen LogP contribution is -2.21. The summed E-state index contributed by atoms with van der Waals surface area (Å²) in [4.78, 5) is 2.29. The van der Waals surface area contributed by atoms with Gasteiger partial charge in [-0.3, -0.25) is 0 Å². The van der Waals surface area contributed by atoms with Crippen molar-refractivity contribution in [2.75, 3.05) is 24.2 Å². The molecule has 2 heteroatoms. The molecule has 1 aromatic carbocycles. The van der Waals surface area contributed by atoms with Crippen LogP contribution in [0.4, 0.5) is 11.4 Å². The SMILES string of the molecule is Cc1ccc(N)c(N(C)CC2CC2C)c1. The van der Waals surface area contributed by atoms with E-state index in [9.17, 15) is 0 Å². The molecule has 1 aromatic rings. The largest absolute Gasteiger partial charge is 0.397 e. The molecule has 0 aromatic heterocycles. The van der Waals surface area contributed by atoms with Crippen LogP contribution >= 0.6 is 0 Å². The summed E-state index contributed by atoms with van der Waals surface area (Å²) < 4.78 is 0. The van der Waals surface area contributed by atoms with E-state index in [1.165, 1.54) is 17.7 Å². The molecule has 2 unspecified atom stereocenters. The second kappa shape index (κ2) is 3.76. The van der Waals surface area contributed by atoms with Gasteiger partial charge in [-0.05, 0) is 42.9 Å². The van der Waals surface area contributed by atoms with Crippen LogP contribution in [-0.2, 0) is 0 Å². The minimum absolute atomic E-state index is 0.870. The fourth-order valence-corrected chi connectivity index (χ4v) is 2.09. The molecule has 2 N–H and O–H groups in total. The number of benzene rings is 1. The third kappa shape index (κ3) is 2.25. The first kappa shape index (κ1) is 10.3. The molecule has 1 aliphatic carbocycles. The van der Waals surface area contributed by atoms with Crippen molar-refractivity contribution in [3.63, 3.8) is 0 Å². The van der Waals surface area contributed by atoms with Crippen molar-refractivity contribution in [3.05, 3.63) is 23.8 Å². The fraction of sp³-hybridized carbons (Fsp3) is 0.538. The number of nitrogen functional groups attached to an aromatic ring is 1. The monoisotopic (exact) mass is 204 g/mol. The van der Waals surface area contributed by atoms with Crippen molar-refractivity contribution < 1.29 is 0 Å². The zero-order valence-electron chi connectivity index (χ0n) is 9.83. The van der Waals surface area contributed by atoms with E-state index in [0.717, 1.165) is 24.1 Å². The van der Waals surface area contributed by atoms with Crippen molar-refractivity contribution in [3.8, 4) is 0 Å². The second-order valence-corrected chi connectivity index (χ2v) is 4.92. The summed E-state index contributed by atoms with van der Waals surface area (Å²) in [6.07, 6.45) is 1.37. The van der Waals surface area contributed by atoms with Crippen LogP contribution in [0.25, 0.3) is 0 Å². The Labute approximate surface area is 92.1 Å². The molecule has 0 amide bonds. The quantitative estimate of drug-likeness (QED) is 0.767. The van der Waals surface area contributed by atoms with Gasteiger partial charge in [-0.1, -0.05) is 13.0 Å². The van der Waals surface area contributed by atoms with Crippen molar-refractivity contribution in [1.29, 1.82) is 0 Å². The number of aryl methyl sites for hydroxylation is 1. The first-order chi connectivity index (χ1) is 7.08. The Morgan fingerprint density at radius 3 is 2.73 bits per heavy atom. The van der Waals surface area contributed by atoms with Crippen LogP contribution in [0.3, 0.4) is 0 Å². The molecule has 2 nitrogen and oxygen atoms in total. The molecule has 0 radical (unpaired) electrons. The number of nitrogens with zero attached hydrogens (tertiary/aromatic N) is 1. The smallest absolute Gasteiger partial charge is 0.0600 e. The molecule has 1 aliphatic rings. The predicted octanol–water partition coefficient (Wildman–Crippen LogP) is 2.67. The molecule has 1 fully saturated rings. The average Bonchev–Trinajstić information content (AvgIpc) is 2.86. The van der Waals surface area contributed by atoms with Crippen LogP contribution in [-0.4, -0.2) is 13.6 Å². The van der Waals surface area contributed by atoms with Gasteiger partial charge in [0, 0.05) is 13.6 Å². The van der Waals surface area contributed by atoms with Crippen LogP contribution in [0.2, 0.25) is 0 Å². The van der Waals surface area contributed by atoms with Gasteiger partial charge in [-0.2, -0.15) is 0 Å². The van der Waals surface area contributed by atoms with Gasteiger partial charge in [0.25, 0.3) is 0 Å². The highest BCUT2D eigenvalue weighted by molar-refractivity contribution is 5.68. The van der Waals surface area contributed by atoms with Gasteiger partial charge in [0.05, 0.1) is 11.4 Å². The Hall–Kier alpha value is -1.18. The van der Waals surface area contributed by atoms with E-state index in [0.29, 0.717) is 0 Å². The molecular weight excluding hydrogens is 184 g/mol. The fourth-order valence-electron chi connectivity index (χ4n) is 2.09. The van der Waals surface area contributed by atoms with Gasteiger partial charge in [0.1, 0.15) is 0 Å². The normalized spacial score (nSPS) is 23.9. The summed E-state index contributed by atoms with van der Waals surface area (Å²) in [5, 5.41) is 0. The highest BCUT2D eigenvalue weighted by atomic mass is 15.1. The first-order valence-corrected chi connectivity index (χ1v) is 5.65. The summed E-state index contributed by atoms with van der Waals surface area (Å²) in [5.41, 5.74) is 9.31. The summed E-state index contributed by atoms with van der Waals surface area (Å²) in [6.45, 7) is 5.56. The van der Waals surface area contributed by atoms with Crippen molar-refractivity contribution in [2.24, 2.45) is 11.8 Å². The number of nitrogens with two attached hydrogens (primary N) is 1. The lowest BCUT2D eigenvalue weighted by atomic mass is 10.1. The molecule has 0 spiro atoms. The zero-order valence-corrected chi connectivity index (χ0v) is 9.83. The van der Waals surface area contributed by atoms with Gasteiger partial charge in [-0.15, -0.1) is 0 Å². The van der Waals surface area contributed by atoms with Crippen LogP contribution < -0.4 is 10.6 Å². The maximum absolute atomic E-state index is 5.98. The van der Waals surface area contributed by atoms with Crippen molar-refractivity contribution in [1.82, 2.24) is 0 Å². The summed E-state index contributed by atoms with van der Waals surface area (Å²) in [5.74, 6) is 1.77. The third-order valence-corrected chi connectivity index (χ3v) is 3.38. The lowest BCUT2D eigenvalue weighted by molar-refractivity contribution is 0.726. The molecule has 2 rings (SSSR count). The number of hydrogen-bond donors (Lipinski definition) is 1. The van der Waals surface area contributed by atoms with Crippen LogP contribution in [0.1, 0.15) is 18.9 Å². The number of anilines is 2. The van der Waals surface area contributed by atoms with Crippen LogP contribution in [0, 0.1) is 18.8 Å². The Bertz CT molecular complexity index is 360. The third-order valence-electron chi connectivity index (χ3n) is 3.38. The Kier molecular flexibility index (Phi) is 2.59. The minimum atomic E-state index is 0.870. The van der Waals surface area contributed by atoms with Gasteiger partial charge < -0.3 is 10.6 Å². The van der Waals surface area contributed by atoms with Gasteiger partial charge in [0.2, 0.25) is 0 Å². The summed E-state index contributed by atoms with van der Waals surface area (Å²) in [6, 6.07) is 6.23. The molecular formula is C13H20N2. The van der Waals surface area contributed by atoms with Gasteiger partial charge in [0.15, 0.2) is 0 Å². The van der Waals surface area contributed by atoms with Crippen molar-refractivity contribution in [2.45, 2.75) is 20.3 Å². The number of rotatable bonds is 3. The van der Waals surface area contributed by atoms with Crippen LogP contribution in [0.15, 0.2) is 18.2 Å². The Morgan fingerprint density at radius 2 is 2.13 bits per heavy atom. The standard InChI is InChI=1S/C13H20N2/c1-9-4-5-12(14)13(6-9)15(3)8-11-7-10(11)2/h4-6,10-11H,7-8,14H2,1-3H3. The number of hydrogen-bond acceptors (Lipinski definition) is 2. The molecule has 0 bridgehead atoms. The summed E-state index contributed by atoms with van der Waals surface area (Å²) >= 11 is 0. The molecule has 1 saturated carbocycles. The average molecular weight is 204 g/mol. The topological polar surface area (TPSA) is 29.3 Å². The van der Waals surface area contributed by atoms with E-state index in [4.69, 9.17) is 5.73 Å². The van der Waals surface area contributed by atoms with E-state index in [1.807, 2.05) is 6.07 Å². The van der Waals surface area contributed by atoms with E-state index in [1.54, 1.807) is 0 Å². The van der Waals surface area contributed by atoms with E-state index >= 15 is 0 Å². The Morgan fingerprint density at radius 1 is 1.47 bits per heavy atom. The predicted molar refractivity (Wildman–Crippen MR) is 66.1 cm³/mol. The van der Waals surface area contributed by atoms with Gasteiger partial charge in [-0.25, -0.2) is 0 Å². The zero-order chi connectivity index (χ0) is 11.0. The van der Waals surface area contributed by atoms with Gasteiger partial charge >= 0.3 is 0 Å². The lowest BCUT2D eigenvalue weighted by Gasteiger charge is -2.21. The summed E-state index contributed by atoms with van der Waals surface area (Å²) in [7, 11) is 2.14. The molecule has 2 atom stereocenters.